The van der Waals surface area contributed by atoms with Gasteiger partial charge in [-0.05, 0) is 60.1 Å². The summed E-state index contributed by atoms with van der Waals surface area (Å²) in [4.78, 5) is 29.8. The number of ether oxygens (including phenoxy) is 3. The highest BCUT2D eigenvalue weighted by Crippen LogP contribution is 2.43. The van der Waals surface area contributed by atoms with Gasteiger partial charge in [0.2, 0.25) is 0 Å². The van der Waals surface area contributed by atoms with E-state index in [0.29, 0.717) is 15.6 Å². The van der Waals surface area contributed by atoms with Gasteiger partial charge in [0, 0.05) is 15.6 Å². The van der Waals surface area contributed by atoms with Crippen molar-refractivity contribution < 1.29 is 32.2 Å². The molecule has 0 unspecified atom stereocenters. The number of carbonyl (C=O) groups is 1. The SMILES string of the molecule is CCOc1cc(C=Nn2c(-c3cccc(C(F)(F)F)c3)nc3ccccc3c2=O)c(Br)c(Cl)c1O[C@@H](C)C(=O)OC. The molecule has 13 heteroatoms. The van der Waals surface area contributed by atoms with Crippen molar-refractivity contribution in [1.29, 1.82) is 0 Å². The normalized spacial score (nSPS) is 12.5. The first-order valence-corrected chi connectivity index (χ1v) is 13.3. The predicted octanol–water partition coefficient (Wildman–Crippen LogP) is 6.72. The second-order valence-corrected chi connectivity index (χ2v) is 9.70. The smallest absolute Gasteiger partial charge is 0.416 e. The number of rotatable bonds is 8. The van der Waals surface area contributed by atoms with Gasteiger partial charge in [0.15, 0.2) is 23.4 Å². The summed E-state index contributed by atoms with van der Waals surface area (Å²) in [5.41, 5.74) is -0.835. The average Bonchev–Trinajstić information content (AvgIpc) is 2.96. The third-order valence-electron chi connectivity index (χ3n) is 5.80. The predicted molar refractivity (Wildman–Crippen MR) is 152 cm³/mol. The van der Waals surface area contributed by atoms with E-state index >= 15 is 0 Å². The van der Waals surface area contributed by atoms with Gasteiger partial charge in [-0.1, -0.05) is 35.9 Å². The zero-order chi connectivity index (χ0) is 29.9. The number of hydrogen-bond donors (Lipinski definition) is 0. The number of carbonyl (C=O) groups excluding carboxylic acids is 1. The number of fused-ring (bicyclic) bond motifs is 1. The molecule has 3 aromatic carbocycles. The maximum atomic E-state index is 13.5. The Bertz CT molecular complexity index is 1710. The Balaban J connectivity index is 1.88. The van der Waals surface area contributed by atoms with Crippen LogP contribution in [0.1, 0.15) is 25.0 Å². The fourth-order valence-corrected chi connectivity index (χ4v) is 4.48. The Morgan fingerprint density at radius 1 is 1.20 bits per heavy atom. The molecule has 0 aliphatic carbocycles. The second kappa shape index (κ2) is 12.3. The molecule has 0 aliphatic heterocycles. The molecule has 0 N–H and O–H groups in total. The molecule has 0 amide bonds. The number of aromatic nitrogens is 2. The van der Waals surface area contributed by atoms with Gasteiger partial charge < -0.3 is 14.2 Å². The fraction of sp³-hybridized carbons (Fsp3) is 0.214. The summed E-state index contributed by atoms with van der Waals surface area (Å²) in [6, 6.07) is 12.4. The second-order valence-electron chi connectivity index (χ2n) is 8.53. The summed E-state index contributed by atoms with van der Waals surface area (Å²) in [6.07, 6.45) is -4.32. The molecule has 0 saturated carbocycles. The van der Waals surface area contributed by atoms with Gasteiger partial charge in [-0.15, -0.1) is 0 Å². The van der Waals surface area contributed by atoms with E-state index in [-0.39, 0.29) is 39.9 Å². The molecule has 41 heavy (non-hydrogen) atoms. The number of esters is 1. The van der Waals surface area contributed by atoms with E-state index < -0.39 is 29.4 Å². The summed E-state index contributed by atoms with van der Waals surface area (Å²) < 4.78 is 57.7. The van der Waals surface area contributed by atoms with E-state index in [9.17, 15) is 22.8 Å². The van der Waals surface area contributed by atoms with Gasteiger partial charge in [0.1, 0.15) is 5.02 Å². The van der Waals surface area contributed by atoms with E-state index in [1.807, 2.05) is 0 Å². The highest BCUT2D eigenvalue weighted by molar-refractivity contribution is 9.10. The first-order valence-electron chi connectivity index (χ1n) is 12.1. The minimum atomic E-state index is -4.60. The first-order chi connectivity index (χ1) is 19.5. The van der Waals surface area contributed by atoms with E-state index in [4.69, 9.17) is 25.8 Å². The molecule has 1 heterocycles. The van der Waals surface area contributed by atoms with E-state index in [1.54, 1.807) is 31.2 Å². The number of hydrogen-bond acceptors (Lipinski definition) is 7. The third-order valence-corrected chi connectivity index (χ3v) is 7.24. The molecule has 0 aliphatic rings. The molecule has 0 bridgehead atoms. The maximum absolute atomic E-state index is 13.5. The van der Waals surface area contributed by atoms with Gasteiger partial charge in [0.05, 0.1) is 36.4 Å². The highest BCUT2D eigenvalue weighted by Gasteiger charge is 2.31. The summed E-state index contributed by atoms with van der Waals surface area (Å²) >= 11 is 9.94. The molecule has 4 rings (SSSR count). The van der Waals surface area contributed by atoms with Crippen LogP contribution in [-0.4, -0.2) is 41.7 Å². The van der Waals surface area contributed by atoms with Crippen LogP contribution in [0.25, 0.3) is 22.3 Å². The molecular formula is C28H22BrClF3N3O5. The lowest BCUT2D eigenvalue weighted by Gasteiger charge is -2.19. The first kappa shape index (κ1) is 30.1. The highest BCUT2D eigenvalue weighted by atomic mass is 79.9. The number of halogens is 5. The minimum absolute atomic E-state index is 0.0347. The quantitative estimate of drug-likeness (QED) is 0.155. The van der Waals surface area contributed by atoms with Gasteiger partial charge in [-0.2, -0.15) is 22.9 Å². The molecule has 4 aromatic rings. The largest absolute Gasteiger partial charge is 0.490 e. The van der Waals surface area contributed by atoms with Crippen molar-refractivity contribution in [3.8, 4) is 22.9 Å². The van der Waals surface area contributed by atoms with Crippen LogP contribution in [0.5, 0.6) is 11.5 Å². The molecule has 8 nitrogen and oxygen atoms in total. The fourth-order valence-electron chi connectivity index (χ4n) is 3.83. The monoisotopic (exact) mass is 651 g/mol. The standard InChI is InChI=1S/C28H22BrClF3N3O5/c1-4-40-21-13-17(22(29)23(30)24(21)41-15(2)27(38)39-3)14-34-36-25(16-8-7-9-18(12-16)28(31,32)33)35-20-11-6-5-10-19(20)26(36)37/h5-15H,4H2,1-3H3/t15-/m0/s1. The Morgan fingerprint density at radius 2 is 1.93 bits per heavy atom. The summed E-state index contributed by atoms with van der Waals surface area (Å²) in [5.74, 6) is -0.477. The zero-order valence-corrected chi connectivity index (χ0v) is 24.2. The summed E-state index contributed by atoms with van der Waals surface area (Å²) in [7, 11) is 1.22. The lowest BCUT2D eigenvalue weighted by Crippen LogP contribution is -2.25. The van der Waals surface area contributed by atoms with Crippen LogP contribution in [0.4, 0.5) is 13.2 Å². The van der Waals surface area contributed by atoms with Crippen LogP contribution in [0.2, 0.25) is 5.02 Å². The molecule has 1 aromatic heterocycles. The summed E-state index contributed by atoms with van der Waals surface area (Å²) in [5, 5.41) is 4.57. The Kier molecular flexibility index (Phi) is 9.03. The minimum Gasteiger partial charge on any atom is -0.490 e. The van der Waals surface area contributed by atoms with Crippen LogP contribution in [0.3, 0.4) is 0 Å². The van der Waals surface area contributed by atoms with Crippen LogP contribution in [0.15, 0.2) is 69.0 Å². The van der Waals surface area contributed by atoms with Gasteiger partial charge >= 0.3 is 12.1 Å². The number of nitrogens with zero attached hydrogens (tertiary/aromatic N) is 3. The molecule has 0 spiro atoms. The topological polar surface area (TPSA) is 92.0 Å². The molecule has 0 fully saturated rings. The maximum Gasteiger partial charge on any atom is 0.416 e. The van der Waals surface area contributed by atoms with Crippen LogP contribution in [-0.2, 0) is 15.7 Å². The van der Waals surface area contributed by atoms with Crippen LogP contribution in [0, 0.1) is 0 Å². The molecule has 1 atom stereocenters. The summed E-state index contributed by atoms with van der Waals surface area (Å²) in [6.45, 7) is 3.44. The molecule has 0 saturated heterocycles. The van der Waals surface area contributed by atoms with Crippen LogP contribution < -0.4 is 15.0 Å². The van der Waals surface area contributed by atoms with Crippen molar-refractivity contribution in [2.24, 2.45) is 5.10 Å². The third kappa shape index (κ3) is 6.38. The molecule has 214 valence electrons. The lowest BCUT2D eigenvalue weighted by atomic mass is 10.1. The number of para-hydroxylation sites is 1. The lowest BCUT2D eigenvalue weighted by molar-refractivity contribution is -0.148. The van der Waals surface area contributed by atoms with Crippen molar-refractivity contribution in [3.05, 3.63) is 85.6 Å². The molecular weight excluding hydrogens is 631 g/mol. The van der Waals surface area contributed by atoms with Crippen molar-refractivity contribution in [2.45, 2.75) is 26.1 Å². The number of alkyl halides is 3. The Morgan fingerprint density at radius 3 is 2.61 bits per heavy atom. The van der Waals surface area contributed by atoms with Crippen molar-refractivity contribution in [2.75, 3.05) is 13.7 Å². The van der Waals surface area contributed by atoms with Crippen LogP contribution >= 0.6 is 27.5 Å². The van der Waals surface area contributed by atoms with Gasteiger partial charge in [-0.25, -0.2) is 9.78 Å². The number of methoxy groups -OCH3 is 1. The van der Waals surface area contributed by atoms with Gasteiger partial charge in [0.25, 0.3) is 5.56 Å². The Hall–Kier alpha value is -3.90. The van der Waals surface area contributed by atoms with E-state index in [0.717, 1.165) is 16.8 Å². The molecule has 0 radical (unpaired) electrons. The van der Waals surface area contributed by atoms with Crippen molar-refractivity contribution >= 4 is 50.6 Å². The van der Waals surface area contributed by atoms with Gasteiger partial charge in [-0.3, -0.25) is 4.79 Å². The van der Waals surface area contributed by atoms with E-state index in [1.165, 1.54) is 38.4 Å². The zero-order valence-electron chi connectivity index (χ0n) is 21.8. The average molecular weight is 653 g/mol. The van der Waals surface area contributed by atoms with Crippen molar-refractivity contribution in [3.63, 3.8) is 0 Å². The van der Waals surface area contributed by atoms with E-state index in [2.05, 4.69) is 26.0 Å². The Labute approximate surface area is 245 Å². The number of benzene rings is 3. The van der Waals surface area contributed by atoms with Crippen molar-refractivity contribution in [1.82, 2.24) is 9.66 Å².